The molecule has 0 bridgehead atoms. The molecule has 0 aliphatic carbocycles. The van der Waals surface area contributed by atoms with E-state index in [-0.39, 0.29) is 0 Å². The van der Waals surface area contributed by atoms with Gasteiger partial charge in [-0.05, 0) is 47.5 Å². The third-order valence-corrected chi connectivity index (χ3v) is 4.77. The van der Waals surface area contributed by atoms with Crippen LogP contribution in [0.5, 0.6) is 0 Å². The summed E-state index contributed by atoms with van der Waals surface area (Å²) in [7, 11) is 0. The van der Waals surface area contributed by atoms with E-state index in [9.17, 15) is 4.79 Å². The minimum absolute atomic E-state index is 0.447. The Kier molecular flexibility index (Phi) is 4.92. The van der Waals surface area contributed by atoms with Gasteiger partial charge in [0.2, 0.25) is 5.91 Å². The zero-order valence-electron chi connectivity index (χ0n) is 15.0. The molecule has 4 aromatic rings. The van der Waals surface area contributed by atoms with Gasteiger partial charge in [0.05, 0.1) is 11.4 Å². The third kappa shape index (κ3) is 3.80. The van der Waals surface area contributed by atoms with Gasteiger partial charge in [0.15, 0.2) is 0 Å². The van der Waals surface area contributed by atoms with E-state index in [1.807, 2.05) is 78.9 Å². The van der Waals surface area contributed by atoms with Gasteiger partial charge in [0, 0.05) is 21.7 Å². The normalized spacial score (nSPS) is 10.6. The van der Waals surface area contributed by atoms with Crippen LogP contribution in [0.15, 0.2) is 91.0 Å². The number of hydrogen-bond acceptors (Lipinski definition) is 2. The number of hydrogen-bond donors (Lipinski definition) is 1. The number of carbonyl (C=O) groups is 1. The number of pyridine rings is 1. The molecule has 3 aromatic carbocycles. The molecule has 0 radical (unpaired) electrons. The molecule has 3 nitrogen and oxygen atoms in total. The van der Waals surface area contributed by atoms with Crippen molar-refractivity contribution in [3.63, 3.8) is 0 Å². The van der Waals surface area contributed by atoms with Crippen LogP contribution in [-0.4, -0.2) is 10.9 Å². The molecule has 0 fully saturated rings. The van der Waals surface area contributed by atoms with Crippen molar-refractivity contribution in [3.05, 3.63) is 102 Å². The number of benzene rings is 3. The van der Waals surface area contributed by atoms with E-state index >= 15 is 0 Å². The highest BCUT2D eigenvalue weighted by molar-refractivity contribution is 6.30. The summed E-state index contributed by atoms with van der Waals surface area (Å²) in [5.41, 5.74) is 11.5. The van der Waals surface area contributed by atoms with E-state index in [1.165, 1.54) is 0 Å². The summed E-state index contributed by atoms with van der Waals surface area (Å²) < 4.78 is 0. The van der Waals surface area contributed by atoms with Crippen molar-refractivity contribution in [3.8, 4) is 33.6 Å². The molecule has 0 spiro atoms. The van der Waals surface area contributed by atoms with Crippen LogP contribution in [0.2, 0.25) is 5.02 Å². The van der Waals surface area contributed by atoms with Crippen LogP contribution >= 0.6 is 11.6 Å². The first-order valence-electron chi connectivity index (χ1n) is 8.84. The largest absolute Gasteiger partial charge is 0.366 e. The molecule has 0 aliphatic heterocycles. The highest BCUT2D eigenvalue weighted by Gasteiger charge is 2.10. The lowest BCUT2D eigenvalue weighted by atomic mass is 9.98. The molecule has 0 saturated carbocycles. The molecule has 1 amide bonds. The summed E-state index contributed by atoms with van der Waals surface area (Å²) in [6.45, 7) is 0. The summed E-state index contributed by atoms with van der Waals surface area (Å²) in [6, 6.07) is 28.9. The molecule has 2 N–H and O–H groups in total. The molecule has 0 saturated heterocycles. The van der Waals surface area contributed by atoms with E-state index in [2.05, 4.69) is 0 Å². The zero-order valence-corrected chi connectivity index (χ0v) is 15.7. The van der Waals surface area contributed by atoms with Crippen molar-refractivity contribution >= 4 is 17.5 Å². The van der Waals surface area contributed by atoms with E-state index < -0.39 is 5.91 Å². The highest BCUT2D eigenvalue weighted by atomic mass is 35.5. The first-order chi connectivity index (χ1) is 13.6. The van der Waals surface area contributed by atoms with Crippen LogP contribution in [0, 0.1) is 0 Å². The monoisotopic (exact) mass is 384 g/mol. The van der Waals surface area contributed by atoms with Gasteiger partial charge in [0.1, 0.15) is 0 Å². The molecular weight excluding hydrogens is 368 g/mol. The molecular formula is C24H17ClN2O. The third-order valence-electron chi connectivity index (χ3n) is 4.52. The molecule has 136 valence electrons. The van der Waals surface area contributed by atoms with Gasteiger partial charge < -0.3 is 5.73 Å². The first kappa shape index (κ1) is 18.0. The number of nitrogens with two attached hydrogens (primary N) is 1. The Morgan fingerprint density at radius 2 is 1.29 bits per heavy atom. The fraction of sp³-hybridized carbons (Fsp3) is 0. The predicted octanol–water partition coefficient (Wildman–Crippen LogP) is 5.83. The fourth-order valence-electron chi connectivity index (χ4n) is 3.07. The Morgan fingerprint density at radius 3 is 1.93 bits per heavy atom. The van der Waals surface area contributed by atoms with E-state index in [0.717, 1.165) is 33.6 Å². The summed E-state index contributed by atoms with van der Waals surface area (Å²) in [5, 5.41) is 0.678. The van der Waals surface area contributed by atoms with Crippen LogP contribution in [0.3, 0.4) is 0 Å². The van der Waals surface area contributed by atoms with Gasteiger partial charge in [-0.1, -0.05) is 66.2 Å². The SMILES string of the molecule is NC(=O)c1cccc(-c2cc(-c3ccccc3)nc(-c3ccc(Cl)cc3)c2)c1. The number of rotatable bonds is 4. The summed E-state index contributed by atoms with van der Waals surface area (Å²) in [5.74, 6) is -0.447. The van der Waals surface area contributed by atoms with E-state index in [4.69, 9.17) is 22.3 Å². The van der Waals surface area contributed by atoms with Crippen molar-refractivity contribution in [2.24, 2.45) is 5.73 Å². The van der Waals surface area contributed by atoms with E-state index in [1.54, 1.807) is 12.1 Å². The maximum atomic E-state index is 11.6. The topological polar surface area (TPSA) is 56.0 Å². The first-order valence-corrected chi connectivity index (χ1v) is 9.22. The Labute approximate surface area is 168 Å². The molecule has 1 aromatic heterocycles. The van der Waals surface area contributed by atoms with Crippen LogP contribution in [0.4, 0.5) is 0 Å². The fourth-order valence-corrected chi connectivity index (χ4v) is 3.20. The van der Waals surface area contributed by atoms with Crippen LogP contribution < -0.4 is 5.73 Å². The van der Waals surface area contributed by atoms with Gasteiger partial charge in [-0.2, -0.15) is 0 Å². The van der Waals surface area contributed by atoms with Crippen LogP contribution in [0.25, 0.3) is 33.6 Å². The quantitative estimate of drug-likeness (QED) is 0.481. The molecule has 0 aliphatic rings. The molecule has 0 unspecified atom stereocenters. The molecule has 0 atom stereocenters. The lowest BCUT2D eigenvalue weighted by Gasteiger charge is -2.11. The molecule has 1 heterocycles. The molecule has 4 rings (SSSR count). The predicted molar refractivity (Wildman–Crippen MR) is 114 cm³/mol. The Morgan fingerprint density at radius 1 is 0.679 bits per heavy atom. The van der Waals surface area contributed by atoms with Gasteiger partial charge in [-0.3, -0.25) is 4.79 Å². The second-order valence-electron chi connectivity index (χ2n) is 6.44. The van der Waals surface area contributed by atoms with Crippen molar-refractivity contribution in [2.45, 2.75) is 0 Å². The summed E-state index contributed by atoms with van der Waals surface area (Å²) in [6.07, 6.45) is 0. The minimum atomic E-state index is -0.447. The van der Waals surface area contributed by atoms with Gasteiger partial charge >= 0.3 is 0 Å². The van der Waals surface area contributed by atoms with Crippen molar-refractivity contribution < 1.29 is 4.79 Å². The highest BCUT2D eigenvalue weighted by Crippen LogP contribution is 2.31. The average molecular weight is 385 g/mol. The van der Waals surface area contributed by atoms with Crippen LogP contribution in [0.1, 0.15) is 10.4 Å². The Bertz CT molecular complexity index is 1140. The van der Waals surface area contributed by atoms with Crippen LogP contribution in [-0.2, 0) is 0 Å². The van der Waals surface area contributed by atoms with Crippen molar-refractivity contribution in [1.29, 1.82) is 0 Å². The van der Waals surface area contributed by atoms with E-state index in [0.29, 0.717) is 10.6 Å². The number of carbonyl (C=O) groups excluding carboxylic acids is 1. The minimum Gasteiger partial charge on any atom is -0.366 e. The average Bonchev–Trinajstić information content (AvgIpc) is 2.74. The number of halogens is 1. The smallest absolute Gasteiger partial charge is 0.248 e. The maximum Gasteiger partial charge on any atom is 0.248 e. The number of primary amides is 1. The van der Waals surface area contributed by atoms with Crippen molar-refractivity contribution in [1.82, 2.24) is 4.98 Å². The van der Waals surface area contributed by atoms with Crippen molar-refractivity contribution in [2.75, 3.05) is 0 Å². The number of aromatic nitrogens is 1. The number of nitrogens with zero attached hydrogens (tertiary/aromatic N) is 1. The second-order valence-corrected chi connectivity index (χ2v) is 6.88. The Balaban J connectivity index is 1.90. The standard InChI is InChI=1S/C24H17ClN2O/c25-21-11-9-17(10-12-21)23-15-20(18-7-4-8-19(13-18)24(26)28)14-22(27-23)16-5-2-1-3-6-16/h1-15H,(H2,26,28). The summed E-state index contributed by atoms with van der Waals surface area (Å²) >= 11 is 6.04. The lowest BCUT2D eigenvalue weighted by molar-refractivity contribution is 0.100. The second kappa shape index (κ2) is 7.67. The lowest BCUT2D eigenvalue weighted by Crippen LogP contribution is -2.10. The number of amides is 1. The molecule has 28 heavy (non-hydrogen) atoms. The zero-order chi connectivity index (χ0) is 19.5. The van der Waals surface area contributed by atoms with Gasteiger partial charge in [-0.25, -0.2) is 4.98 Å². The Hall–Kier alpha value is -3.43. The maximum absolute atomic E-state index is 11.6. The van der Waals surface area contributed by atoms with Gasteiger partial charge in [-0.15, -0.1) is 0 Å². The van der Waals surface area contributed by atoms with Gasteiger partial charge in [0.25, 0.3) is 0 Å². The molecule has 4 heteroatoms. The summed E-state index contributed by atoms with van der Waals surface area (Å²) in [4.78, 5) is 16.4.